The van der Waals surface area contributed by atoms with Crippen molar-refractivity contribution in [3.63, 3.8) is 0 Å². The van der Waals surface area contributed by atoms with Crippen molar-refractivity contribution in [2.45, 2.75) is 12.5 Å². The van der Waals surface area contributed by atoms with Crippen LogP contribution in [-0.2, 0) is 4.74 Å². The molecule has 0 radical (unpaired) electrons. The molecule has 0 spiro atoms. The average molecular weight is 340 g/mol. The van der Waals surface area contributed by atoms with Gasteiger partial charge in [-0.25, -0.2) is 4.39 Å². The van der Waals surface area contributed by atoms with Crippen LogP contribution in [0, 0.1) is 17.1 Å². The molecule has 3 rings (SSSR count). The first-order valence-electron chi connectivity index (χ1n) is 8.47. The minimum Gasteiger partial charge on any atom is -0.486 e. The Morgan fingerprint density at radius 1 is 1.16 bits per heavy atom. The highest BCUT2D eigenvalue weighted by Gasteiger charge is 2.17. The largest absolute Gasteiger partial charge is 0.486 e. The number of morpholine rings is 1. The minimum atomic E-state index is -0.262. The molecule has 1 unspecified atom stereocenters. The second kappa shape index (κ2) is 8.61. The molecule has 0 N–H and O–H groups in total. The van der Waals surface area contributed by atoms with Gasteiger partial charge in [-0.2, -0.15) is 5.26 Å². The highest BCUT2D eigenvalue weighted by atomic mass is 19.1. The van der Waals surface area contributed by atoms with E-state index in [1.54, 1.807) is 30.3 Å². The number of rotatable bonds is 6. The van der Waals surface area contributed by atoms with Gasteiger partial charge in [-0.05, 0) is 35.9 Å². The summed E-state index contributed by atoms with van der Waals surface area (Å²) >= 11 is 0. The summed E-state index contributed by atoms with van der Waals surface area (Å²) in [5, 5.41) is 9.05. The van der Waals surface area contributed by atoms with Gasteiger partial charge in [-0.3, -0.25) is 4.90 Å². The monoisotopic (exact) mass is 340 g/mol. The average Bonchev–Trinajstić information content (AvgIpc) is 2.67. The lowest BCUT2D eigenvalue weighted by atomic mass is 10.1. The van der Waals surface area contributed by atoms with Crippen LogP contribution in [0.1, 0.15) is 23.7 Å². The summed E-state index contributed by atoms with van der Waals surface area (Å²) in [6, 6.07) is 15.6. The molecule has 0 bridgehead atoms. The molecule has 0 aliphatic carbocycles. The second-order valence-corrected chi connectivity index (χ2v) is 6.04. The van der Waals surface area contributed by atoms with Gasteiger partial charge in [0.15, 0.2) is 0 Å². The summed E-state index contributed by atoms with van der Waals surface area (Å²) in [7, 11) is 0. The lowest BCUT2D eigenvalue weighted by Gasteiger charge is -2.28. The van der Waals surface area contributed by atoms with Crippen molar-refractivity contribution in [2.75, 3.05) is 32.8 Å². The number of ether oxygens (including phenoxy) is 2. The molecular weight excluding hydrogens is 319 g/mol. The molecule has 1 atom stereocenters. The third-order valence-corrected chi connectivity index (χ3v) is 4.29. The van der Waals surface area contributed by atoms with Crippen LogP contribution in [0.2, 0.25) is 0 Å². The fourth-order valence-electron chi connectivity index (χ4n) is 2.90. The van der Waals surface area contributed by atoms with Crippen molar-refractivity contribution in [2.24, 2.45) is 0 Å². The van der Waals surface area contributed by atoms with E-state index in [-0.39, 0.29) is 11.9 Å². The van der Waals surface area contributed by atoms with Crippen LogP contribution in [0.3, 0.4) is 0 Å². The summed E-state index contributed by atoms with van der Waals surface area (Å²) in [5.41, 5.74) is 1.49. The van der Waals surface area contributed by atoms with Gasteiger partial charge >= 0.3 is 0 Å². The van der Waals surface area contributed by atoms with E-state index in [1.807, 2.05) is 6.07 Å². The van der Waals surface area contributed by atoms with Gasteiger partial charge < -0.3 is 9.47 Å². The Hall–Kier alpha value is -2.42. The minimum absolute atomic E-state index is 0.197. The third-order valence-electron chi connectivity index (χ3n) is 4.29. The van der Waals surface area contributed by atoms with Gasteiger partial charge in [0.2, 0.25) is 0 Å². The molecule has 1 saturated heterocycles. The van der Waals surface area contributed by atoms with Gasteiger partial charge in [-0.15, -0.1) is 0 Å². The number of nitrogens with zero attached hydrogens (tertiary/aromatic N) is 2. The van der Waals surface area contributed by atoms with Crippen LogP contribution in [0.15, 0.2) is 48.5 Å². The number of hydrogen-bond acceptors (Lipinski definition) is 4. The highest BCUT2D eigenvalue weighted by Crippen LogP contribution is 2.26. The molecule has 5 heteroatoms. The zero-order valence-electron chi connectivity index (χ0n) is 14.0. The Morgan fingerprint density at radius 3 is 2.64 bits per heavy atom. The van der Waals surface area contributed by atoms with E-state index in [4.69, 9.17) is 14.7 Å². The van der Waals surface area contributed by atoms with E-state index in [0.717, 1.165) is 44.8 Å². The highest BCUT2D eigenvalue weighted by molar-refractivity contribution is 5.36. The molecule has 1 heterocycles. The molecule has 4 nitrogen and oxygen atoms in total. The fraction of sp³-hybridized carbons (Fsp3) is 0.350. The Morgan fingerprint density at radius 2 is 1.92 bits per heavy atom. The van der Waals surface area contributed by atoms with Gasteiger partial charge in [0.05, 0.1) is 24.8 Å². The summed E-state index contributed by atoms with van der Waals surface area (Å²) in [5.74, 6) is 0.387. The van der Waals surface area contributed by atoms with Gasteiger partial charge in [-0.1, -0.05) is 18.2 Å². The summed E-state index contributed by atoms with van der Waals surface area (Å²) in [6.07, 6.45) is 0.583. The zero-order valence-corrected chi connectivity index (χ0v) is 14.0. The van der Waals surface area contributed by atoms with Crippen molar-refractivity contribution in [1.82, 2.24) is 4.90 Å². The Labute approximate surface area is 147 Å². The first kappa shape index (κ1) is 17.4. The van der Waals surface area contributed by atoms with E-state index in [2.05, 4.69) is 11.0 Å². The van der Waals surface area contributed by atoms with Crippen molar-refractivity contribution >= 4 is 0 Å². The molecule has 1 fully saturated rings. The quantitative estimate of drug-likeness (QED) is 0.807. The molecule has 25 heavy (non-hydrogen) atoms. The smallest absolute Gasteiger partial charge is 0.125 e. The summed E-state index contributed by atoms with van der Waals surface area (Å²) in [4.78, 5) is 2.34. The number of halogens is 1. The Bertz CT molecular complexity index is 721. The predicted octanol–water partition coefficient (Wildman–Crippen LogP) is 3.54. The lowest BCUT2D eigenvalue weighted by molar-refractivity contribution is 0.0317. The summed E-state index contributed by atoms with van der Waals surface area (Å²) in [6.45, 7) is 4.22. The molecule has 2 aromatic rings. The molecule has 2 aromatic carbocycles. The first-order chi connectivity index (χ1) is 12.2. The van der Waals surface area contributed by atoms with Gasteiger partial charge in [0, 0.05) is 26.1 Å². The van der Waals surface area contributed by atoms with Crippen LogP contribution >= 0.6 is 0 Å². The maximum absolute atomic E-state index is 13.3. The first-order valence-corrected chi connectivity index (χ1v) is 8.47. The normalized spacial score (nSPS) is 16.2. The van der Waals surface area contributed by atoms with Crippen LogP contribution < -0.4 is 4.74 Å². The van der Waals surface area contributed by atoms with Crippen molar-refractivity contribution in [3.05, 3.63) is 65.5 Å². The van der Waals surface area contributed by atoms with Crippen LogP contribution in [0.4, 0.5) is 4.39 Å². The number of hydrogen-bond donors (Lipinski definition) is 0. The lowest BCUT2D eigenvalue weighted by Crippen LogP contribution is -2.37. The number of nitriles is 1. The fourth-order valence-corrected chi connectivity index (χ4v) is 2.90. The van der Waals surface area contributed by atoms with E-state index < -0.39 is 0 Å². The van der Waals surface area contributed by atoms with Gasteiger partial charge in [0.25, 0.3) is 0 Å². The Kier molecular flexibility index (Phi) is 5.99. The van der Waals surface area contributed by atoms with Gasteiger partial charge in [0.1, 0.15) is 17.7 Å². The standard InChI is InChI=1S/C20H21FN2O2/c21-18-6-4-17(5-7-18)20(8-9-23-10-12-24-13-11-23)25-19-3-1-2-16(14-19)15-22/h1-7,14,20H,8-13H2. The SMILES string of the molecule is N#Cc1cccc(OC(CCN2CCOCC2)c2ccc(F)cc2)c1. The van der Waals surface area contributed by atoms with Crippen molar-refractivity contribution in [1.29, 1.82) is 5.26 Å². The van der Waals surface area contributed by atoms with E-state index in [9.17, 15) is 4.39 Å². The molecule has 0 aromatic heterocycles. The van der Waals surface area contributed by atoms with E-state index in [0.29, 0.717) is 11.3 Å². The summed E-state index contributed by atoms with van der Waals surface area (Å²) < 4.78 is 24.8. The van der Waals surface area contributed by atoms with E-state index >= 15 is 0 Å². The molecular formula is C20H21FN2O2. The maximum Gasteiger partial charge on any atom is 0.125 e. The maximum atomic E-state index is 13.3. The molecule has 130 valence electrons. The van der Waals surface area contributed by atoms with Crippen LogP contribution in [0.5, 0.6) is 5.75 Å². The number of benzene rings is 2. The van der Waals surface area contributed by atoms with Crippen molar-refractivity contribution in [3.8, 4) is 11.8 Å². The predicted molar refractivity (Wildman–Crippen MR) is 92.8 cm³/mol. The second-order valence-electron chi connectivity index (χ2n) is 6.04. The third kappa shape index (κ3) is 5.02. The van der Waals surface area contributed by atoms with Crippen molar-refractivity contribution < 1.29 is 13.9 Å². The molecule has 0 amide bonds. The zero-order chi connectivity index (χ0) is 17.5. The van der Waals surface area contributed by atoms with Crippen LogP contribution in [-0.4, -0.2) is 37.7 Å². The Balaban J connectivity index is 1.73. The molecule has 0 saturated carbocycles. The molecule has 1 aliphatic heterocycles. The van der Waals surface area contributed by atoms with E-state index in [1.165, 1.54) is 12.1 Å². The topological polar surface area (TPSA) is 45.5 Å². The molecule has 1 aliphatic rings. The van der Waals surface area contributed by atoms with Crippen LogP contribution in [0.25, 0.3) is 0 Å².